The third kappa shape index (κ3) is 3.02. The van der Waals surface area contributed by atoms with Crippen LogP contribution in [-0.4, -0.2) is 28.6 Å². The zero-order valence-corrected chi connectivity index (χ0v) is 12.2. The highest BCUT2D eigenvalue weighted by atomic mass is 16.4. The van der Waals surface area contributed by atoms with Crippen LogP contribution in [0.4, 0.5) is 0 Å². The molecule has 0 fully saturated rings. The van der Waals surface area contributed by atoms with Crippen LogP contribution in [0.25, 0.3) is 11.0 Å². The van der Waals surface area contributed by atoms with E-state index < -0.39 is 5.97 Å². The van der Waals surface area contributed by atoms with Crippen LogP contribution in [0.3, 0.4) is 0 Å². The van der Waals surface area contributed by atoms with Gasteiger partial charge in [-0.3, -0.25) is 9.69 Å². The van der Waals surface area contributed by atoms with Crippen molar-refractivity contribution in [3.63, 3.8) is 0 Å². The summed E-state index contributed by atoms with van der Waals surface area (Å²) in [5.41, 5.74) is 0.841. The lowest BCUT2D eigenvalue weighted by Gasteiger charge is -2.31. The number of nitrogens with zero attached hydrogens (tertiary/aromatic N) is 1. The van der Waals surface area contributed by atoms with Gasteiger partial charge in [-0.1, -0.05) is 25.1 Å². The van der Waals surface area contributed by atoms with Gasteiger partial charge in [0.25, 0.3) is 0 Å². The number of aliphatic carboxylic acids is 1. The number of carboxylic acid groups (broad SMARTS) is 1. The van der Waals surface area contributed by atoms with Gasteiger partial charge in [-0.2, -0.15) is 0 Å². The van der Waals surface area contributed by atoms with Gasteiger partial charge in [0.2, 0.25) is 0 Å². The molecule has 0 spiro atoms. The van der Waals surface area contributed by atoms with E-state index in [0.29, 0.717) is 0 Å². The number of carbonyl (C=O) groups is 1. The summed E-state index contributed by atoms with van der Waals surface area (Å²) < 4.78 is 5.85. The molecule has 1 aromatic heterocycles. The predicted molar refractivity (Wildman–Crippen MR) is 78.7 cm³/mol. The van der Waals surface area contributed by atoms with Crippen LogP contribution in [0.15, 0.2) is 34.7 Å². The van der Waals surface area contributed by atoms with E-state index in [1.807, 2.05) is 49.1 Å². The van der Waals surface area contributed by atoms with Gasteiger partial charge in [0.15, 0.2) is 0 Å². The second kappa shape index (κ2) is 6.09. The number of carboxylic acids is 1. The zero-order chi connectivity index (χ0) is 14.7. The number of hydrogen-bond donors (Lipinski definition) is 1. The van der Waals surface area contributed by atoms with Crippen molar-refractivity contribution >= 4 is 16.9 Å². The number of para-hydroxylation sites is 1. The first-order valence-electron chi connectivity index (χ1n) is 6.99. The first-order valence-corrected chi connectivity index (χ1v) is 6.99. The average Bonchev–Trinajstić information content (AvgIpc) is 2.86. The van der Waals surface area contributed by atoms with Crippen LogP contribution in [0.5, 0.6) is 0 Å². The maximum Gasteiger partial charge on any atom is 0.317 e. The Morgan fingerprint density at radius 2 is 2.05 bits per heavy atom. The van der Waals surface area contributed by atoms with Crippen molar-refractivity contribution in [2.45, 2.75) is 39.3 Å². The van der Waals surface area contributed by atoms with E-state index in [2.05, 4.69) is 6.92 Å². The molecule has 1 heterocycles. The first-order chi connectivity index (χ1) is 9.52. The molecule has 0 radical (unpaired) electrons. The van der Waals surface area contributed by atoms with E-state index in [4.69, 9.17) is 9.52 Å². The Bertz CT molecular complexity index is 557. The summed E-state index contributed by atoms with van der Waals surface area (Å²) in [6.07, 6.45) is 0.901. The molecule has 0 aliphatic rings. The van der Waals surface area contributed by atoms with Crippen LogP contribution in [-0.2, 0) is 4.79 Å². The molecule has 0 bridgehead atoms. The largest absolute Gasteiger partial charge is 0.480 e. The Morgan fingerprint density at radius 3 is 2.65 bits per heavy atom. The topological polar surface area (TPSA) is 53.7 Å². The Kier molecular flexibility index (Phi) is 4.45. The van der Waals surface area contributed by atoms with Gasteiger partial charge in [0, 0.05) is 11.4 Å². The highest BCUT2D eigenvalue weighted by Gasteiger charge is 2.25. The number of hydrogen-bond acceptors (Lipinski definition) is 3. The number of furan rings is 1. The fourth-order valence-electron chi connectivity index (χ4n) is 2.44. The number of rotatable bonds is 6. The quantitative estimate of drug-likeness (QED) is 0.873. The summed E-state index contributed by atoms with van der Waals surface area (Å²) in [7, 11) is 0. The summed E-state index contributed by atoms with van der Waals surface area (Å²) in [6, 6.07) is 9.95. The summed E-state index contributed by atoms with van der Waals surface area (Å²) in [6.45, 7) is 6.12. The van der Waals surface area contributed by atoms with E-state index in [1.54, 1.807) is 0 Å². The molecule has 2 aromatic rings. The molecular formula is C16H21NO3. The van der Waals surface area contributed by atoms with Crippen LogP contribution in [0, 0.1) is 0 Å². The minimum absolute atomic E-state index is 0.0211. The fourth-order valence-corrected chi connectivity index (χ4v) is 2.44. The third-order valence-electron chi connectivity index (χ3n) is 3.83. The van der Waals surface area contributed by atoms with Gasteiger partial charge in [-0.15, -0.1) is 0 Å². The van der Waals surface area contributed by atoms with Crippen LogP contribution in [0.1, 0.15) is 39.0 Å². The second-order valence-electron chi connectivity index (χ2n) is 5.19. The molecule has 2 rings (SSSR count). The van der Waals surface area contributed by atoms with Gasteiger partial charge < -0.3 is 9.52 Å². The Morgan fingerprint density at radius 1 is 1.35 bits per heavy atom. The van der Waals surface area contributed by atoms with Crippen molar-refractivity contribution < 1.29 is 14.3 Å². The molecular weight excluding hydrogens is 254 g/mol. The van der Waals surface area contributed by atoms with Crippen LogP contribution >= 0.6 is 0 Å². The molecule has 108 valence electrons. The first kappa shape index (κ1) is 14.6. The van der Waals surface area contributed by atoms with Gasteiger partial charge in [-0.05, 0) is 32.4 Å². The van der Waals surface area contributed by atoms with Gasteiger partial charge >= 0.3 is 5.97 Å². The van der Waals surface area contributed by atoms with Gasteiger partial charge in [0.1, 0.15) is 11.3 Å². The maximum atomic E-state index is 11.1. The van der Waals surface area contributed by atoms with Crippen molar-refractivity contribution in [1.82, 2.24) is 4.90 Å². The second-order valence-corrected chi connectivity index (χ2v) is 5.19. The predicted octanol–water partition coefficient (Wildman–Crippen LogP) is 3.68. The Balaban J connectivity index is 2.29. The van der Waals surface area contributed by atoms with Crippen molar-refractivity contribution in [1.29, 1.82) is 0 Å². The van der Waals surface area contributed by atoms with Crippen LogP contribution < -0.4 is 0 Å². The average molecular weight is 275 g/mol. The van der Waals surface area contributed by atoms with Crippen molar-refractivity contribution in [2.75, 3.05) is 6.54 Å². The molecule has 2 atom stereocenters. The third-order valence-corrected chi connectivity index (χ3v) is 3.83. The normalized spacial score (nSPS) is 14.6. The monoisotopic (exact) mass is 275 g/mol. The molecule has 1 N–H and O–H groups in total. The van der Waals surface area contributed by atoms with Crippen molar-refractivity contribution in [2.24, 2.45) is 0 Å². The summed E-state index contributed by atoms with van der Waals surface area (Å²) in [5.74, 6) is 0.000936. The number of fused-ring (bicyclic) bond motifs is 1. The number of benzene rings is 1. The standard InChI is InChI=1S/C16H21NO3/c1-4-11(2)17(10-16(18)19)12(3)15-9-13-7-5-6-8-14(13)20-15/h5-9,11-12H,4,10H2,1-3H3,(H,18,19). The zero-order valence-electron chi connectivity index (χ0n) is 12.2. The molecule has 0 aliphatic heterocycles. The lowest BCUT2D eigenvalue weighted by Crippen LogP contribution is -2.38. The SMILES string of the molecule is CCC(C)N(CC(=O)O)C(C)c1cc2ccccc2o1. The molecule has 0 aliphatic carbocycles. The molecule has 4 heteroatoms. The van der Waals surface area contributed by atoms with E-state index in [-0.39, 0.29) is 18.6 Å². The molecule has 4 nitrogen and oxygen atoms in total. The van der Waals surface area contributed by atoms with E-state index in [1.165, 1.54) is 0 Å². The highest BCUT2D eigenvalue weighted by molar-refractivity contribution is 5.77. The summed E-state index contributed by atoms with van der Waals surface area (Å²) in [5, 5.41) is 10.1. The molecule has 0 saturated carbocycles. The van der Waals surface area contributed by atoms with Gasteiger partial charge in [0.05, 0.1) is 12.6 Å². The molecule has 1 aromatic carbocycles. The van der Waals surface area contributed by atoms with E-state index >= 15 is 0 Å². The van der Waals surface area contributed by atoms with Crippen molar-refractivity contribution in [3.8, 4) is 0 Å². The lowest BCUT2D eigenvalue weighted by atomic mass is 10.1. The molecule has 2 unspecified atom stereocenters. The molecule has 20 heavy (non-hydrogen) atoms. The molecule has 0 amide bonds. The van der Waals surface area contributed by atoms with Gasteiger partial charge in [-0.25, -0.2) is 0 Å². The Hall–Kier alpha value is -1.81. The molecule has 0 saturated heterocycles. The lowest BCUT2D eigenvalue weighted by molar-refractivity contribution is -0.139. The summed E-state index contributed by atoms with van der Waals surface area (Å²) >= 11 is 0. The smallest absolute Gasteiger partial charge is 0.317 e. The fraction of sp³-hybridized carbons (Fsp3) is 0.438. The van der Waals surface area contributed by atoms with E-state index in [0.717, 1.165) is 23.2 Å². The van der Waals surface area contributed by atoms with E-state index in [9.17, 15) is 4.79 Å². The van der Waals surface area contributed by atoms with Crippen LogP contribution in [0.2, 0.25) is 0 Å². The van der Waals surface area contributed by atoms with Crippen molar-refractivity contribution in [3.05, 3.63) is 36.1 Å². The minimum atomic E-state index is -0.812. The Labute approximate surface area is 119 Å². The minimum Gasteiger partial charge on any atom is -0.480 e. The summed E-state index contributed by atoms with van der Waals surface area (Å²) in [4.78, 5) is 13.0. The maximum absolute atomic E-state index is 11.1. The highest BCUT2D eigenvalue weighted by Crippen LogP contribution is 2.28.